The summed E-state index contributed by atoms with van der Waals surface area (Å²) < 4.78 is 0. The number of carbonyl (C=O) groups is 1. The van der Waals surface area contributed by atoms with Crippen molar-refractivity contribution in [3.05, 3.63) is 76.8 Å². The van der Waals surface area contributed by atoms with Crippen LogP contribution in [0.25, 0.3) is 10.8 Å². The molecule has 3 nitrogen and oxygen atoms in total. The summed E-state index contributed by atoms with van der Waals surface area (Å²) in [5, 5.41) is 12.3. The van der Waals surface area contributed by atoms with Crippen molar-refractivity contribution in [1.82, 2.24) is 0 Å². The summed E-state index contributed by atoms with van der Waals surface area (Å²) in [6.45, 7) is 4.67. The van der Waals surface area contributed by atoms with Crippen molar-refractivity contribution in [3.8, 4) is 0 Å². The van der Waals surface area contributed by atoms with Crippen LogP contribution >= 0.6 is 11.6 Å². The zero-order valence-corrected chi connectivity index (χ0v) is 15.7. The Morgan fingerprint density at radius 1 is 1.04 bits per heavy atom. The summed E-state index contributed by atoms with van der Waals surface area (Å²) >= 11 is 6.00. The standard InChI is InChI=1S/C22H22ClNO2/c1-15-7-12-21(20-6-4-3-5-19(15)20)24(16(2)13-22(25)26)14-17-8-10-18(23)11-9-17/h3-12,16H,13-14H2,1-2H3,(H,25,26)/t16-/m0/s1. The van der Waals surface area contributed by atoms with Gasteiger partial charge in [-0.15, -0.1) is 0 Å². The Balaban J connectivity index is 2.07. The van der Waals surface area contributed by atoms with Gasteiger partial charge in [-0.05, 0) is 48.6 Å². The summed E-state index contributed by atoms with van der Waals surface area (Å²) in [7, 11) is 0. The van der Waals surface area contributed by atoms with Crippen LogP contribution in [0.3, 0.4) is 0 Å². The van der Waals surface area contributed by atoms with E-state index in [1.807, 2.05) is 43.3 Å². The van der Waals surface area contributed by atoms with E-state index >= 15 is 0 Å². The minimum absolute atomic E-state index is 0.0792. The number of hydrogen-bond acceptors (Lipinski definition) is 2. The Morgan fingerprint density at radius 2 is 1.69 bits per heavy atom. The lowest BCUT2D eigenvalue weighted by molar-refractivity contribution is -0.137. The van der Waals surface area contributed by atoms with Crippen LogP contribution < -0.4 is 4.90 Å². The Kier molecular flexibility index (Phi) is 5.48. The predicted molar refractivity (Wildman–Crippen MR) is 108 cm³/mol. The molecule has 0 aromatic heterocycles. The zero-order chi connectivity index (χ0) is 18.7. The molecule has 1 atom stereocenters. The van der Waals surface area contributed by atoms with E-state index in [-0.39, 0.29) is 12.5 Å². The van der Waals surface area contributed by atoms with Gasteiger partial charge in [-0.25, -0.2) is 0 Å². The first-order valence-corrected chi connectivity index (χ1v) is 9.04. The molecule has 3 aromatic carbocycles. The maximum Gasteiger partial charge on any atom is 0.305 e. The van der Waals surface area contributed by atoms with Crippen molar-refractivity contribution in [2.24, 2.45) is 0 Å². The number of nitrogens with zero attached hydrogens (tertiary/aromatic N) is 1. The van der Waals surface area contributed by atoms with Crippen LogP contribution in [0, 0.1) is 6.92 Å². The Labute approximate surface area is 158 Å². The average molecular weight is 368 g/mol. The molecular weight excluding hydrogens is 346 g/mol. The Bertz CT molecular complexity index is 921. The smallest absolute Gasteiger partial charge is 0.305 e. The molecule has 3 rings (SSSR count). The van der Waals surface area contributed by atoms with Crippen LogP contribution in [0.1, 0.15) is 24.5 Å². The van der Waals surface area contributed by atoms with E-state index in [4.69, 9.17) is 11.6 Å². The van der Waals surface area contributed by atoms with Gasteiger partial charge in [-0.2, -0.15) is 0 Å². The van der Waals surface area contributed by atoms with Crippen molar-refractivity contribution in [2.75, 3.05) is 4.90 Å². The fraction of sp³-hybridized carbons (Fsp3) is 0.227. The first kappa shape index (κ1) is 18.3. The molecule has 134 valence electrons. The molecule has 0 amide bonds. The predicted octanol–water partition coefficient (Wildman–Crippen LogP) is 5.67. The van der Waals surface area contributed by atoms with Crippen molar-refractivity contribution in [3.63, 3.8) is 0 Å². The van der Waals surface area contributed by atoms with E-state index in [1.54, 1.807) is 0 Å². The molecule has 0 radical (unpaired) electrons. The molecule has 0 saturated carbocycles. The average Bonchev–Trinajstić information content (AvgIpc) is 2.62. The highest BCUT2D eigenvalue weighted by Crippen LogP contribution is 2.32. The molecule has 4 heteroatoms. The van der Waals surface area contributed by atoms with E-state index in [1.165, 1.54) is 10.9 Å². The first-order chi connectivity index (χ1) is 12.5. The molecule has 0 fully saturated rings. The van der Waals surface area contributed by atoms with Crippen LogP contribution in [0.5, 0.6) is 0 Å². The lowest BCUT2D eigenvalue weighted by Crippen LogP contribution is -2.34. The van der Waals surface area contributed by atoms with Crippen molar-refractivity contribution >= 4 is 34.0 Å². The molecular formula is C22H22ClNO2. The fourth-order valence-corrected chi connectivity index (χ4v) is 3.44. The van der Waals surface area contributed by atoms with Gasteiger partial charge < -0.3 is 10.0 Å². The van der Waals surface area contributed by atoms with E-state index < -0.39 is 5.97 Å². The third-order valence-corrected chi connectivity index (χ3v) is 4.95. The summed E-state index contributed by atoms with van der Waals surface area (Å²) in [6.07, 6.45) is 0.0792. The third-order valence-electron chi connectivity index (χ3n) is 4.70. The van der Waals surface area contributed by atoms with Crippen LogP contribution in [0.15, 0.2) is 60.7 Å². The summed E-state index contributed by atoms with van der Waals surface area (Å²) in [6, 6.07) is 20.0. The van der Waals surface area contributed by atoms with Crippen LogP contribution in [0.2, 0.25) is 5.02 Å². The first-order valence-electron chi connectivity index (χ1n) is 8.67. The van der Waals surface area contributed by atoms with E-state index in [2.05, 4.69) is 36.1 Å². The molecule has 0 aliphatic heterocycles. The van der Waals surface area contributed by atoms with Gasteiger partial charge in [0.05, 0.1) is 6.42 Å². The molecule has 0 saturated heterocycles. The molecule has 3 aromatic rings. The van der Waals surface area contributed by atoms with Gasteiger partial charge in [0.15, 0.2) is 0 Å². The number of anilines is 1. The molecule has 0 aliphatic carbocycles. The second kappa shape index (κ2) is 7.79. The summed E-state index contributed by atoms with van der Waals surface area (Å²) in [5.74, 6) is -0.796. The highest BCUT2D eigenvalue weighted by molar-refractivity contribution is 6.30. The summed E-state index contributed by atoms with van der Waals surface area (Å²) in [4.78, 5) is 13.5. The highest BCUT2D eigenvalue weighted by Gasteiger charge is 2.20. The SMILES string of the molecule is Cc1ccc(N(Cc2ccc(Cl)cc2)[C@@H](C)CC(=O)O)c2ccccc12. The maximum atomic E-state index is 11.3. The van der Waals surface area contributed by atoms with E-state index in [0.717, 1.165) is 16.6 Å². The van der Waals surface area contributed by atoms with Crippen molar-refractivity contribution in [2.45, 2.75) is 32.9 Å². The van der Waals surface area contributed by atoms with Gasteiger partial charge >= 0.3 is 5.97 Å². The second-order valence-electron chi connectivity index (χ2n) is 6.65. The molecule has 26 heavy (non-hydrogen) atoms. The number of carboxylic acid groups (broad SMARTS) is 1. The molecule has 0 heterocycles. The number of benzene rings is 3. The number of aliphatic carboxylic acids is 1. The van der Waals surface area contributed by atoms with Gasteiger partial charge in [0.1, 0.15) is 0 Å². The van der Waals surface area contributed by atoms with Crippen molar-refractivity contribution in [1.29, 1.82) is 0 Å². The normalized spacial score (nSPS) is 12.1. The Morgan fingerprint density at radius 3 is 2.35 bits per heavy atom. The van der Waals surface area contributed by atoms with Crippen molar-refractivity contribution < 1.29 is 9.90 Å². The minimum Gasteiger partial charge on any atom is -0.481 e. The number of fused-ring (bicyclic) bond motifs is 1. The lowest BCUT2D eigenvalue weighted by Gasteiger charge is -2.32. The zero-order valence-electron chi connectivity index (χ0n) is 14.9. The highest BCUT2D eigenvalue weighted by atomic mass is 35.5. The monoisotopic (exact) mass is 367 g/mol. The molecule has 0 aliphatic rings. The number of carboxylic acids is 1. The molecule has 0 unspecified atom stereocenters. The molecule has 0 spiro atoms. The topological polar surface area (TPSA) is 40.5 Å². The molecule has 1 N–H and O–H groups in total. The van der Waals surface area contributed by atoms with Crippen LogP contribution in [0.4, 0.5) is 5.69 Å². The van der Waals surface area contributed by atoms with Gasteiger partial charge in [0, 0.05) is 28.7 Å². The van der Waals surface area contributed by atoms with Gasteiger partial charge in [-0.3, -0.25) is 4.79 Å². The lowest BCUT2D eigenvalue weighted by atomic mass is 10.0. The number of aryl methyl sites for hydroxylation is 1. The second-order valence-corrected chi connectivity index (χ2v) is 7.08. The van der Waals surface area contributed by atoms with Crippen LogP contribution in [-0.2, 0) is 11.3 Å². The van der Waals surface area contributed by atoms with Gasteiger partial charge in [-0.1, -0.05) is 54.1 Å². The minimum atomic E-state index is -0.796. The van der Waals surface area contributed by atoms with Gasteiger partial charge in [0.25, 0.3) is 0 Å². The quantitative estimate of drug-likeness (QED) is 0.610. The number of halogens is 1. The summed E-state index contributed by atoms with van der Waals surface area (Å²) in [5.41, 5.74) is 3.35. The van der Waals surface area contributed by atoms with Gasteiger partial charge in [0.2, 0.25) is 0 Å². The third kappa shape index (κ3) is 4.00. The molecule has 0 bridgehead atoms. The largest absolute Gasteiger partial charge is 0.481 e. The fourth-order valence-electron chi connectivity index (χ4n) is 3.31. The Hall–Kier alpha value is -2.52. The maximum absolute atomic E-state index is 11.3. The number of hydrogen-bond donors (Lipinski definition) is 1. The van der Waals surface area contributed by atoms with Crippen LogP contribution in [-0.4, -0.2) is 17.1 Å². The number of rotatable bonds is 6. The van der Waals surface area contributed by atoms with E-state index in [0.29, 0.717) is 11.6 Å². The van der Waals surface area contributed by atoms with E-state index in [9.17, 15) is 9.90 Å².